The molecule has 1 aliphatic heterocycles. The number of likely N-dealkylation sites (tertiary alicyclic amines) is 1. The average Bonchev–Trinajstić information content (AvgIpc) is 3.34. The second kappa shape index (κ2) is 7.77. The molecule has 29 heavy (non-hydrogen) atoms. The molecular weight excluding hydrogens is 373 g/mol. The second-order valence-electron chi connectivity index (χ2n) is 7.57. The zero-order valence-corrected chi connectivity index (χ0v) is 16.6. The standard InChI is InChI=1S/C21H24FN5O2/c1-15-13-16(2)27(24-15)12-9-18(28)26-11-6-10-21(22,14-26)20-23-19(25-29-20)17-7-4-3-5-8-17/h3-5,7-8,13H,6,9-12,14H2,1-2H3. The van der Waals surface area contributed by atoms with Crippen LogP contribution in [0.2, 0.25) is 0 Å². The summed E-state index contributed by atoms with van der Waals surface area (Å²) in [5.74, 6) is 0.195. The van der Waals surface area contributed by atoms with Gasteiger partial charge in [-0.05, 0) is 32.8 Å². The minimum atomic E-state index is -1.83. The van der Waals surface area contributed by atoms with E-state index in [-0.39, 0.29) is 31.2 Å². The topological polar surface area (TPSA) is 77.0 Å². The molecule has 7 nitrogen and oxygen atoms in total. The Morgan fingerprint density at radius 3 is 2.79 bits per heavy atom. The summed E-state index contributed by atoms with van der Waals surface area (Å²) in [4.78, 5) is 18.5. The van der Waals surface area contributed by atoms with Gasteiger partial charge in [0.05, 0.1) is 12.2 Å². The number of alkyl halides is 1. The highest BCUT2D eigenvalue weighted by Gasteiger charge is 2.43. The van der Waals surface area contributed by atoms with Gasteiger partial charge in [0.25, 0.3) is 5.89 Å². The lowest BCUT2D eigenvalue weighted by molar-refractivity contribution is -0.136. The Hall–Kier alpha value is -3.03. The van der Waals surface area contributed by atoms with Gasteiger partial charge in [0.15, 0.2) is 0 Å². The van der Waals surface area contributed by atoms with E-state index < -0.39 is 5.67 Å². The van der Waals surface area contributed by atoms with Crippen molar-refractivity contribution in [1.82, 2.24) is 24.8 Å². The van der Waals surface area contributed by atoms with Crippen LogP contribution in [0.25, 0.3) is 11.4 Å². The van der Waals surface area contributed by atoms with E-state index in [0.29, 0.717) is 25.3 Å². The van der Waals surface area contributed by atoms with E-state index in [0.717, 1.165) is 17.0 Å². The number of hydrogen-bond acceptors (Lipinski definition) is 5. The molecule has 1 saturated heterocycles. The van der Waals surface area contributed by atoms with Crippen molar-refractivity contribution in [1.29, 1.82) is 0 Å². The van der Waals surface area contributed by atoms with Crippen LogP contribution in [-0.2, 0) is 17.0 Å². The van der Waals surface area contributed by atoms with Crippen LogP contribution in [0.1, 0.15) is 36.5 Å². The number of nitrogens with zero attached hydrogens (tertiary/aromatic N) is 5. The van der Waals surface area contributed by atoms with Crippen molar-refractivity contribution in [3.63, 3.8) is 0 Å². The maximum atomic E-state index is 15.7. The van der Waals surface area contributed by atoms with E-state index in [2.05, 4.69) is 15.2 Å². The normalized spacial score (nSPS) is 19.5. The first-order valence-electron chi connectivity index (χ1n) is 9.82. The Morgan fingerprint density at radius 1 is 1.28 bits per heavy atom. The fourth-order valence-corrected chi connectivity index (χ4v) is 3.77. The van der Waals surface area contributed by atoms with Crippen molar-refractivity contribution in [2.75, 3.05) is 13.1 Å². The van der Waals surface area contributed by atoms with Gasteiger partial charge in [0.2, 0.25) is 17.4 Å². The van der Waals surface area contributed by atoms with Gasteiger partial charge >= 0.3 is 0 Å². The number of rotatable bonds is 5. The molecule has 2 aromatic heterocycles. The van der Waals surface area contributed by atoms with Crippen LogP contribution in [0.15, 0.2) is 40.9 Å². The number of piperidine rings is 1. The lowest BCUT2D eigenvalue weighted by Gasteiger charge is -2.35. The number of benzene rings is 1. The number of carbonyl (C=O) groups is 1. The molecular formula is C21H24FN5O2. The first-order valence-corrected chi connectivity index (χ1v) is 9.82. The Labute approximate surface area is 168 Å². The predicted octanol–water partition coefficient (Wildman–Crippen LogP) is 3.43. The monoisotopic (exact) mass is 397 g/mol. The SMILES string of the molecule is Cc1cc(C)n(CCC(=O)N2CCCC(F)(c3nc(-c4ccccc4)no3)C2)n1. The minimum Gasteiger partial charge on any atom is -0.339 e. The van der Waals surface area contributed by atoms with Crippen LogP contribution in [-0.4, -0.2) is 43.8 Å². The van der Waals surface area contributed by atoms with E-state index >= 15 is 4.39 Å². The zero-order valence-electron chi connectivity index (χ0n) is 16.6. The van der Waals surface area contributed by atoms with Crippen LogP contribution in [0.4, 0.5) is 4.39 Å². The molecule has 1 fully saturated rings. The van der Waals surface area contributed by atoms with Gasteiger partial charge in [0, 0.05) is 30.8 Å². The largest absolute Gasteiger partial charge is 0.339 e. The van der Waals surface area contributed by atoms with Crippen LogP contribution >= 0.6 is 0 Å². The van der Waals surface area contributed by atoms with Gasteiger partial charge in [-0.2, -0.15) is 10.1 Å². The van der Waals surface area contributed by atoms with Gasteiger partial charge in [-0.15, -0.1) is 0 Å². The Morgan fingerprint density at radius 2 is 2.07 bits per heavy atom. The second-order valence-corrected chi connectivity index (χ2v) is 7.57. The number of aryl methyl sites for hydroxylation is 3. The molecule has 3 heterocycles. The van der Waals surface area contributed by atoms with Crippen molar-refractivity contribution >= 4 is 5.91 Å². The van der Waals surface area contributed by atoms with Crippen LogP contribution in [0.3, 0.4) is 0 Å². The van der Waals surface area contributed by atoms with Crippen molar-refractivity contribution in [2.24, 2.45) is 0 Å². The van der Waals surface area contributed by atoms with E-state index in [1.54, 1.807) is 4.90 Å². The highest BCUT2D eigenvalue weighted by atomic mass is 19.1. The Kier molecular flexibility index (Phi) is 5.17. The van der Waals surface area contributed by atoms with Gasteiger partial charge < -0.3 is 9.42 Å². The molecule has 0 aliphatic carbocycles. The van der Waals surface area contributed by atoms with Gasteiger partial charge in [-0.25, -0.2) is 4.39 Å². The summed E-state index contributed by atoms with van der Waals surface area (Å²) in [7, 11) is 0. The van der Waals surface area contributed by atoms with Crippen LogP contribution in [0, 0.1) is 13.8 Å². The molecule has 1 atom stereocenters. The van der Waals surface area contributed by atoms with Crippen LogP contribution in [0.5, 0.6) is 0 Å². The van der Waals surface area contributed by atoms with Crippen molar-refractivity contribution < 1.29 is 13.7 Å². The van der Waals surface area contributed by atoms with E-state index in [1.807, 2.05) is 54.9 Å². The predicted molar refractivity (Wildman–Crippen MR) is 105 cm³/mol. The van der Waals surface area contributed by atoms with E-state index in [1.165, 1.54) is 0 Å². The van der Waals surface area contributed by atoms with Gasteiger partial charge in [-0.1, -0.05) is 35.5 Å². The molecule has 1 unspecified atom stereocenters. The van der Waals surface area contributed by atoms with E-state index in [9.17, 15) is 4.79 Å². The summed E-state index contributed by atoms with van der Waals surface area (Å²) in [6.07, 6.45) is 1.08. The lowest BCUT2D eigenvalue weighted by Crippen LogP contribution is -2.46. The number of halogens is 1. The maximum absolute atomic E-state index is 15.7. The number of amides is 1. The van der Waals surface area contributed by atoms with Crippen molar-refractivity contribution in [3.8, 4) is 11.4 Å². The van der Waals surface area contributed by atoms with Crippen LogP contribution < -0.4 is 0 Å². The summed E-state index contributed by atoms with van der Waals surface area (Å²) in [6.45, 7) is 4.81. The fraction of sp³-hybridized carbons (Fsp3) is 0.429. The zero-order chi connectivity index (χ0) is 20.4. The average molecular weight is 397 g/mol. The number of aromatic nitrogens is 4. The molecule has 1 aromatic carbocycles. The molecule has 0 N–H and O–H groups in total. The maximum Gasteiger partial charge on any atom is 0.266 e. The molecule has 152 valence electrons. The highest BCUT2D eigenvalue weighted by Crippen LogP contribution is 2.35. The molecule has 0 bridgehead atoms. The molecule has 0 saturated carbocycles. The minimum absolute atomic E-state index is 0.0626. The highest BCUT2D eigenvalue weighted by molar-refractivity contribution is 5.76. The molecule has 1 amide bonds. The Bertz CT molecular complexity index is 1000. The molecule has 1 aliphatic rings. The molecule has 4 rings (SSSR count). The molecule has 8 heteroatoms. The van der Waals surface area contributed by atoms with Gasteiger partial charge in [-0.3, -0.25) is 9.48 Å². The Balaban J connectivity index is 1.44. The summed E-state index contributed by atoms with van der Waals surface area (Å²) in [6, 6.07) is 11.3. The third-order valence-electron chi connectivity index (χ3n) is 5.28. The fourth-order valence-electron chi connectivity index (χ4n) is 3.77. The molecule has 0 spiro atoms. The summed E-state index contributed by atoms with van der Waals surface area (Å²) < 4.78 is 22.7. The van der Waals surface area contributed by atoms with Crippen molar-refractivity contribution in [2.45, 2.75) is 45.3 Å². The van der Waals surface area contributed by atoms with E-state index in [4.69, 9.17) is 4.52 Å². The first kappa shape index (κ1) is 19.3. The summed E-state index contributed by atoms with van der Waals surface area (Å²) in [5, 5.41) is 8.30. The van der Waals surface area contributed by atoms with Gasteiger partial charge in [0.1, 0.15) is 0 Å². The molecule has 3 aromatic rings. The third kappa shape index (κ3) is 4.06. The third-order valence-corrected chi connectivity index (χ3v) is 5.28. The smallest absolute Gasteiger partial charge is 0.266 e. The summed E-state index contributed by atoms with van der Waals surface area (Å²) in [5.41, 5.74) is 0.862. The van der Waals surface area contributed by atoms with Crippen molar-refractivity contribution in [3.05, 3.63) is 53.7 Å². The first-order chi connectivity index (χ1) is 13.9. The number of hydrogen-bond donors (Lipinski definition) is 0. The quantitative estimate of drug-likeness (QED) is 0.659. The summed E-state index contributed by atoms with van der Waals surface area (Å²) >= 11 is 0. The molecule has 0 radical (unpaired) electrons. The lowest BCUT2D eigenvalue weighted by atomic mass is 9.94. The number of carbonyl (C=O) groups excluding carboxylic acids is 1.